The maximum Gasteiger partial charge on any atom is 0.246 e. The molecule has 1 atom stereocenters. The Morgan fingerprint density at radius 1 is 1.42 bits per heavy atom. The Bertz CT molecular complexity index is 527. The van der Waals surface area contributed by atoms with E-state index >= 15 is 0 Å². The summed E-state index contributed by atoms with van der Waals surface area (Å²) in [7, 11) is -3.17. The van der Waals surface area contributed by atoms with E-state index in [9.17, 15) is 17.2 Å². The topological polar surface area (TPSA) is 102 Å². The summed E-state index contributed by atoms with van der Waals surface area (Å²) in [6.45, 7) is -0.723. The maximum absolute atomic E-state index is 13.5. The van der Waals surface area contributed by atoms with Crippen LogP contribution in [0.4, 0.5) is 14.5 Å². The van der Waals surface area contributed by atoms with Gasteiger partial charge in [-0.3, -0.25) is 0 Å². The molecular weight excluding hydrogens is 282 g/mol. The molecular formula is C10H14F2N2O4S. The van der Waals surface area contributed by atoms with Gasteiger partial charge in [-0.05, 0) is 12.1 Å². The molecule has 6 nitrogen and oxygen atoms in total. The van der Waals surface area contributed by atoms with Crippen molar-refractivity contribution >= 4 is 15.7 Å². The van der Waals surface area contributed by atoms with Crippen molar-refractivity contribution in [2.75, 3.05) is 26.1 Å². The van der Waals surface area contributed by atoms with E-state index in [1.807, 2.05) is 4.72 Å². The molecule has 0 aromatic heterocycles. The van der Waals surface area contributed by atoms with E-state index in [2.05, 4.69) is 4.74 Å². The molecule has 0 aliphatic rings. The number of methoxy groups -OCH3 is 1. The van der Waals surface area contributed by atoms with Crippen molar-refractivity contribution in [2.45, 2.75) is 10.9 Å². The SMILES string of the molecule is COCC(CO)NS(=O)(=O)c1c(F)cc(N)cc1F. The highest BCUT2D eigenvalue weighted by Crippen LogP contribution is 2.21. The van der Waals surface area contributed by atoms with Crippen molar-refractivity contribution in [1.29, 1.82) is 0 Å². The van der Waals surface area contributed by atoms with Gasteiger partial charge in [0.15, 0.2) is 4.90 Å². The summed E-state index contributed by atoms with van der Waals surface area (Å²) in [5.41, 5.74) is 4.96. The molecule has 0 saturated carbocycles. The molecule has 0 bridgehead atoms. The van der Waals surface area contributed by atoms with Crippen LogP contribution in [-0.4, -0.2) is 39.9 Å². The van der Waals surface area contributed by atoms with Crippen LogP contribution in [0.25, 0.3) is 0 Å². The average molecular weight is 296 g/mol. The number of hydrogen-bond acceptors (Lipinski definition) is 5. The lowest BCUT2D eigenvalue weighted by Gasteiger charge is -2.16. The lowest BCUT2D eigenvalue weighted by atomic mass is 10.3. The monoisotopic (exact) mass is 296 g/mol. The zero-order valence-corrected chi connectivity index (χ0v) is 10.9. The second-order valence-corrected chi connectivity index (χ2v) is 5.42. The number of hydrogen-bond donors (Lipinski definition) is 3. The van der Waals surface area contributed by atoms with E-state index in [1.54, 1.807) is 0 Å². The minimum absolute atomic E-state index is 0.145. The quantitative estimate of drug-likeness (QED) is 0.633. The first-order valence-corrected chi connectivity index (χ1v) is 6.66. The third kappa shape index (κ3) is 3.83. The molecule has 1 aromatic carbocycles. The van der Waals surface area contributed by atoms with Crippen LogP contribution >= 0.6 is 0 Å². The summed E-state index contributed by atoms with van der Waals surface area (Å²) in [6.07, 6.45) is 0. The Morgan fingerprint density at radius 2 is 1.95 bits per heavy atom. The molecule has 1 unspecified atom stereocenters. The highest BCUT2D eigenvalue weighted by Gasteiger charge is 2.27. The number of anilines is 1. The number of halogens is 2. The van der Waals surface area contributed by atoms with E-state index in [0.717, 1.165) is 0 Å². The predicted molar refractivity (Wildman–Crippen MR) is 63.8 cm³/mol. The van der Waals surface area contributed by atoms with Crippen molar-refractivity contribution in [1.82, 2.24) is 4.72 Å². The third-order valence-electron chi connectivity index (χ3n) is 2.20. The maximum atomic E-state index is 13.5. The fourth-order valence-electron chi connectivity index (χ4n) is 1.44. The molecule has 108 valence electrons. The first kappa shape index (κ1) is 15.8. The number of aliphatic hydroxyl groups is 1. The Labute approximate surface area is 109 Å². The van der Waals surface area contributed by atoms with Gasteiger partial charge >= 0.3 is 0 Å². The fourth-order valence-corrected chi connectivity index (χ4v) is 2.77. The summed E-state index contributed by atoms with van der Waals surface area (Å²) in [5.74, 6) is -2.61. The van der Waals surface area contributed by atoms with Gasteiger partial charge in [0.25, 0.3) is 0 Å². The van der Waals surface area contributed by atoms with Crippen molar-refractivity contribution < 1.29 is 27.0 Å². The van der Waals surface area contributed by atoms with Gasteiger partial charge in [0.2, 0.25) is 10.0 Å². The van der Waals surface area contributed by atoms with Gasteiger partial charge in [0.1, 0.15) is 11.6 Å². The van der Waals surface area contributed by atoms with Crippen molar-refractivity contribution in [2.24, 2.45) is 0 Å². The normalized spacial score (nSPS) is 13.5. The predicted octanol–water partition coefficient (Wildman–Crippen LogP) is -0.167. The van der Waals surface area contributed by atoms with Gasteiger partial charge in [-0.15, -0.1) is 0 Å². The fraction of sp³-hybridized carbons (Fsp3) is 0.400. The van der Waals surface area contributed by atoms with Crippen molar-refractivity contribution in [3.05, 3.63) is 23.8 Å². The summed E-state index contributed by atoms with van der Waals surface area (Å²) in [4.78, 5) is -1.14. The second-order valence-electron chi connectivity index (χ2n) is 3.77. The zero-order valence-electron chi connectivity index (χ0n) is 10.1. The van der Waals surface area contributed by atoms with Crippen LogP contribution in [0.1, 0.15) is 0 Å². The van der Waals surface area contributed by atoms with Crippen LogP contribution in [0.2, 0.25) is 0 Å². The van der Waals surface area contributed by atoms with Gasteiger partial charge in [-0.25, -0.2) is 21.9 Å². The first-order chi connectivity index (χ1) is 8.81. The third-order valence-corrected chi connectivity index (χ3v) is 3.77. The highest BCUT2D eigenvalue weighted by molar-refractivity contribution is 7.89. The Hall–Kier alpha value is -1.29. The number of nitrogens with two attached hydrogens (primary N) is 1. The zero-order chi connectivity index (χ0) is 14.6. The van der Waals surface area contributed by atoms with Crippen molar-refractivity contribution in [3.8, 4) is 0 Å². The van der Waals surface area contributed by atoms with Gasteiger partial charge < -0.3 is 15.6 Å². The molecule has 19 heavy (non-hydrogen) atoms. The number of sulfonamides is 1. The van der Waals surface area contributed by atoms with E-state index in [1.165, 1.54) is 7.11 Å². The molecule has 0 spiro atoms. The molecule has 1 aromatic rings. The molecule has 9 heteroatoms. The van der Waals surface area contributed by atoms with Crippen LogP contribution < -0.4 is 10.5 Å². The van der Waals surface area contributed by atoms with E-state index in [-0.39, 0.29) is 12.3 Å². The van der Waals surface area contributed by atoms with Crippen LogP contribution in [-0.2, 0) is 14.8 Å². The molecule has 0 saturated heterocycles. The smallest absolute Gasteiger partial charge is 0.246 e. The number of aliphatic hydroxyl groups excluding tert-OH is 1. The standard InChI is InChI=1S/C10H14F2N2O4S/c1-18-5-7(4-15)14-19(16,17)10-8(11)2-6(13)3-9(10)12/h2-3,7,14-15H,4-5,13H2,1H3. The van der Waals surface area contributed by atoms with Crippen LogP contribution in [0.5, 0.6) is 0 Å². The van der Waals surface area contributed by atoms with E-state index in [0.29, 0.717) is 12.1 Å². The first-order valence-electron chi connectivity index (χ1n) is 5.18. The molecule has 0 radical (unpaired) electrons. The van der Waals surface area contributed by atoms with Gasteiger partial charge in [-0.1, -0.05) is 0 Å². The van der Waals surface area contributed by atoms with Gasteiger partial charge in [0.05, 0.1) is 19.3 Å². The van der Waals surface area contributed by atoms with Gasteiger partial charge in [0, 0.05) is 12.8 Å². The van der Waals surface area contributed by atoms with E-state index < -0.39 is 39.2 Å². The number of nitrogens with one attached hydrogen (secondary N) is 1. The number of ether oxygens (including phenoxy) is 1. The lowest BCUT2D eigenvalue weighted by molar-refractivity contribution is 0.139. The molecule has 0 heterocycles. The summed E-state index contributed by atoms with van der Waals surface area (Å²) in [6, 6.07) is 0.385. The summed E-state index contributed by atoms with van der Waals surface area (Å²) < 4.78 is 57.3. The van der Waals surface area contributed by atoms with Crippen LogP contribution in [0, 0.1) is 11.6 Å². The van der Waals surface area contributed by atoms with Crippen LogP contribution in [0.3, 0.4) is 0 Å². The van der Waals surface area contributed by atoms with Crippen LogP contribution in [0.15, 0.2) is 17.0 Å². The van der Waals surface area contributed by atoms with E-state index in [4.69, 9.17) is 10.8 Å². The van der Waals surface area contributed by atoms with Crippen molar-refractivity contribution in [3.63, 3.8) is 0 Å². The number of benzene rings is 1. The largest absolute Gasteiger partial charge is 0.399 e. The minimum atomic E-state index is -4.47. The molecule has 1 rings (SSSR count). The average Bonchev–Trinajstić information content (AvgIpc) is 2.25. The molecule has 0 aliphatic heterocycles. The van der Waals surface area contributed by atoms with Gasteiger partial charge in [-0.2, -0.15) is 0 Å². The number of rotatable bonds is 6. The minimum Gasteiger partial charge on any atom is -0.399 e. The highest BCUT2D eigenvalue weighted by atomic mass is 32.2. The Balaban J connectivity index is 3.14. The molecule has 0 fully saturated rings. The molecule has 0 amide bonds. The number of nitrogen functional groups attached to an aromatic ring is 1. The Morgan fingerprint density at radius 3 is 2.37 bits per heavy atom. The lowest BCUT2D eigenvalue weighted by Crippen LogP contribution is -2.41. The Kier molecular flexibility index (Phi) is 5.18. The molecule has 4 N–H and O–H groups in total. The summed E-state index contributed by atoms with van der Waals surface area (Å²) >= 11 is 0. The molecule has 0 aliphatic carbocycles. The second kappa shape index (κ2) is 6.24. The summed E-state index contributed by atoms with van der Waals surface area (Å²) in [5, 5.41) is 8.94.